The Morgan fingerprint density at radius 2 is 1.88 bits per heavy atom. The van der Waals surface area contributed by atoms with E-state index in [4.69, 9.17) is 0 Å². The maximum Gasteiger partial charge on any atom is 0.228 e. The normalized spacial score (nSPS) is 29.4. The van der Waals surface area contributed by atoms with E-state index in [1.807, 2.05) is 0 Å². The van der Waals surface area contributed by atoms with Crippen molar-refractivity contribution in [1.29, 1.82) is 0 Å². The molecule has 16 heavy (non-hydrogen) atoms. The lowest BCUT2D eigenvalue weighted by Gasteiger charge is -2.41. The Hall–Kier alpha value is -0.610. The quantitative estimate of drug-likeness (QED) is 0.647. The van der Waals surface area contributed by atoms with Crippen LogP contribution in [0.4, 0.5) is 0 Å². The van der Waals surface area contributed by atoms with Crippen molar-refractivity contribution >= 4 is 5.91 Å². The summed E-state index contributed by atoms with van der Waals surface area (Å²) >= 11 is 0. The Labute approximate surface area is 96.8 Å². The summed E-state index contributed by atoms with van der Waals surface area (Å²) in [6.45, 7) is 6.08. The molecule has 3 heterocycles. The fourth-order valence-electron chi connectivity index (χ4n) is 3.15. The van der Waals surface area contributed by atoms with Gasteiger partial charge in [0.25, 0.3) is 0 Å². The summed E-state index contributed by atoms with van der Waals surface area (Å²) in [5.74, 6) is 0.662. The molecule has 90 valence electrons. The highest BCUT2D eigenvalue weighted by Gasteiger charge is 2.39. The van der Waals surface area contributed by atoms with Gasteiger partial charge in [-0.05, 0) is 31.2 Å². The molecule has 0 radical (unpaired) electrons. The van der Waals surface area contributed by atoms with Crippen LogP contribution < -0.4 is 10.6 Å². The van der Waals surface area contributed by atoms with Crippen LogP contribution in [0.25, 0.3) is 0 Å². The van der Waals surface area contributed by atoms with Crippen molar-refractivity contribution in [2.24, 2.45) is 11.3 Å². The number of hydrogen-bond acceptors (Lipinski definition) is 3. The van der Waals surface area contributed by atoms with Crippen molar-refractivity contribution < 1.29 is 4.79 Å². The van der Waals surface area contributed by atoms with Crippen LogP contribution in [0.2, 0.25) is 0 Å². The number of hydrogen-bond donors (Lipinski definition) is 2. The van der Waals surface area contributed by atoms with Crippen molar-refractivity contribution in [2.75, 3.05) is 39.3 Å². The van der Waals surface area contributed by atoms with Crippen LogP contribution in [0, 0.1) is 11.3 Å². The number of likely N-dealkylation sites (tertiary alicyclic amines) is 1. The molecule has 3 aliphatic heterocycles. The Bertz CT molecular complexity index is 272. The van der Waals surface area contributed by atoms with Crippen molar-refractivity contribution in [3.05, 3.63) is 0 Å². The van der Waals surface area contributed by atoms with Crippen LogP contribution in [0.15, 0.2) is 0 Å². The van der Waals surface area contributed by atoms with E-state index in [-0.39, 0.29) is 5.92 Å². The molecular weight excluding hydrogens is 202 g/mol. The molecule has 0 atom stereocenters. The summed E-state index contributed by atoms with van der Waals surface area (Å²) in [5, 5.41) is 6.63. The second kappa shape index (κ2) is 4.00. The molecule has 0 aromatic carbocycles. The number of rotatable bonds is 1. The Kier molecular flexibility index (Phi) is 2.64. The van der Waals surface area contributed by atoms with Gasteiger partial charge in [-0.15, -0.1) is 0 Å². The molecule has 3 rings (SSSR count). The first-order chi connectivity index (χ1) is 7.79. The summed E-state index contributed by atoms with van der Waals surface area (Å²) in [6, 6.07) is 0. The zero-order chi connectivity index (χ0) is 11.0. The van der Waals surface area contributed by atoms with Gasteiger partial charge in [-0.3, -0.25) is 4.79 Å². The lowest BCUT2D eigenvalue weighted by Crippen LogP contribution is -2.54. The van der Waals surface area contributed by atoms with Crippen molar-refractivity contribution in [3.63, 3.8) is 0 Å². The van der Waals surface area contributed by atoms with E-state index in [0.29, 0.717) is 11.3 Å². The highest BCUT2D eigenvalue weighted by atomic mass is 16.2. The highest BCUT2D eigenvalue weighted by molar-refractivity contribution is 5.80. The predicted molar refractivity (Wildman–Crippen MR) is 62.1 cm³/mol. The number of carbonyl (C=O) groups excluding carboxylic acids is 1. The van der Waals surface area contributed by atoms with E-state index in [2.05, 4.69) is 15.5 Å². The molecule has 0 aromatic heterocycles. The number of piperidine rings is 1. The van der Waals surface area contributed by atoms with Gasteiger partial charge in [0.1, 0.15) is 0 Å². The van der Waals surface area contributed by atoms with E-state index >= 15 is 0 Å². The van der Waals surface area contributed by atoms with Crippen LogP contribution in [-0.2, 0) is 4.79 Å². The molecule has 4 nitrogen and oxygen atoms in total. The van der Waals surface area contributed by atoms with Gasteiger partial charge in [0.2, 0.25) is 5.91 Å². The molecule has 0 saturated carbocycles. The maximum atomic E-state index is 12.1. The Morgan fingerprint density at radius 3 is 2.38 bits per heavy atom. The zero-order valence-electron chi connectivity index (χ0n) is 9.80. The zero-order valence-corrected chi connectivity index (χ0v) is 9.80. The number of nitrogens with zero attached hydrogens (tertiary/aromatic N) is 1. The first-order valence-corrected chi connectivity index (χ1v) is 6.49. The van der Waals surface area contributed by atoms with E-state index in [1.54, 1.807) is 0 Å². The minimum absolute atomic E-state index is 0.274. The van der Waals surface area contributed by atoms with Crippen molar-refractivity contribution in [1.82, 2.24) is 15.5 Å². The number of amides is 1. The van der Waals surface area contributed by atoms with E-state index in [9.17, 15) is 4.79 Å². The number of nitrogens with one attached hydrogen (secondary N) is 2. The predicted octanol–water partition coefficient (Wildman–Crippen LogP) is -0.192. The van der Waals surface area contributed by atoms with E-state index < -0.39 is 0 Å². The minimum Gasteiger partial charge on any atom is -0.342 e. The third kappa shape index (κ3) is 1.74. The van der Waals surface area contributed by atoms with Crippen LogP contribution in [0.3, 0.4) is 0 Å². The lowest BCUT2D eigenvalue weighted by molar-refractivity contribution is -0.139. The molecule has 1 amide bonds. The molecular formula is C12H21N3O. The number of carbonyl (C=O) groups is 1. The second-order valence-electron chi connectivity index (χ2n) is 5.61. The van der Waals surface area contributed by atoms with Crippen LogP contribution >= 0.6 is 0 Å². The summed E-state index contributed by atoms with van der Waals surface area (Å²) in [6.07, 6.45) is 3.71. The average Bonchev–Trinajstić information content (AvgIpc) is 2.65. The van der Waals surface area contributed by atoms with Gasteiger partial charge in [0.05, 0.1) is 5.92 Å². The third-order valence-electron chi connectivity index (χ3n) is 4.60. The minimum atomic E-state index is 0.274. The maximum absolute atomic E-state index is 12.1. The summed E-state index contributed by atoms with van der Waals surface area (Å²) in [5.41, 5.74) is 0.522. The monoisotopic (exact) mass is 223 g/mol. The topological polar surface area (TPSA) is 44.4 Å². The second-order valence-corrected chi connectivity index (χ2v) is 5.61. The molecule has 1 spiro atoms. The fraction of sp³-hybridized carbons (Fsp3) is 0.917. The lowest BCUT2D eigenvalue weighted by atomic mass is 9.77. The van der Waals surface area contributed by atoms with Gasteiger partial charge < -0.3 is 15.5 Å². The molecule has 3 aliphatic rings. The highest BCUT2D eigenvalue weighted by Crippen LogP contribution is 2.37. The fourth-order valence-corrected chi connectivity index (χ4v) is 3.15. The molecule has 2 N–H and O–H groups in total. The first-order valence-electron chi connectivity index (χ1n) is 6.49. The molecule has 3 saturated heterocycles. The molecule has 0 unspecified atom stereocenters. The third-order valence-corrected chi connectivity index (χ3v) is 4.60. The van der Waals surface area contributed by atoms with Crippen LogP contribution in [0.5, 0.6) is 0 Å². The van der Waals surface area contributed by atoms with Crippen molar-refractivity contribution in [3.8, 4) is 0 Å². The molecule has 3 fully saturated rings. The van der Waals surface area contributed by atoms with Crippen LogP contribution in [0.1, 0.15) is 19.3 Å². The standard InChI is InChI=1S/C12H21N3O/c16-11(10-7-14-8-10)15-5-2-12(3-6-15)1-4-13-9-12/h10,13-14H,1-9H2. The average molecular weight is 223 g/mol. The summed E-state index contributed by atoms with van der Waals surface area (Å²) < 4.78 is 0. The van der Waals surface area contributed by atoms with Crippen molar-refractivity contribution in [2.45, 2.75) is 19.3 Å². The molecule has 0 aromatic rings. The SMILES string of the molecule is O=C(C1CNC1)N1CCC2(CCNC2)CC1. The summed E-state index contributed by atoms with van der Waals surface area (Å²) in [7, 11) is 0. The Balaban J connectivity index is 1.55. The smallest absolute Gasteiger partial charge is 0.228 e. The van der Waals surface area contributed by atoms with Gasteiger partial charge in [-0.2, -0.15) is 0 Å². The van der Waals surface area contributed by atoms with E-state index in [0.717, 1.165) is 26.2 Å². The largest absolute Gasteiger partial charge is 0.342 e. The van der Waals surface area contributed by atoms with Gasteiger partial charge in [0.15, 0.2) is 0 Å². The van der Waals surface area contributed by atoms with E-state index in [1.165, 1.54) is 32.4 Å². The van der Waals surface area contributed by atoms with Gasteiger partial charge in [0, 0.05) is 32.7 Å². The van der Waals surface area contributed by atoms with Crippen LogP contribution in [-0.4, -0.2) is 50.1 Å². The molecule has 4 heteroatoms. The summed E-state index contributed by atoms with van der Waals surface area (Å²) in [4.78, 5) is 14.1. The van der Waals surface area contributed by atoms with Gasteiger partial charge >= 0.3 is 0 Å². The van der Waals surface area contributed by atoms with Gasteiger partial charge in [-0.25, -0.2) is 0 Å². The molecule has 0 aliphatic carbocycles. The first kappa shape index (κ1) is 10.5. The van der Waals surface area contributed by atoms with Gasteiger partial charge in [-0.1, -0.05) is 0 Å². The Morgan fingerprint density at radius 1 is 1.12 bits per heavy atom. The molecule has 0 bridgehead atoms.